The standard InChI is InChI=1S/C16H29N3O5/c1-9(2)12(18-15(23)24-16(3,4)5)13(20)19(6)10-7-11(14(21)22)17-8-10/h9-12,17H,7-8H2,1-6H3,(H,18,23)(H,21,22). The molecule has 0 aliphatic carbocycles. The molecule has 0 aromatic heterocycles. The molecule has 0 radical (unpaired) electrons. The Balaban J connectivity index is 2.72. The molecule has 1 rings (SSSR count). The van der Waals surface area contributed by atoms with E-state index in [0.717, 1.165) is 0 Å². The molecular formula is C16H29N3O5. The van der Waals surface area contributed by atoms with E-state index in [1.165, 1.54) is 4.90 Å². The van der Waals surface area contributed by atoms with Crippen LogP contribution in [0.3, 0.4) is 0 Å². The molecule has 8 heteroatoms. The summed E-state index contributed by atoms with van der Waals surface area (Å²) in [5, 5.41) is 14.5. The summed E-state index contributed by atoms with van der Waals surface area (Å²) in [6, 6.07) is -1.60. The summed E-state index contributed by atoms with van der Waals surface area (Å²) in [5.41, 5.74) is -0.648. The number of alkyl carbamates (subject to hydrolysis) is 1. The number of aliphatic carboxylic acids is 1. The van der Waals surface area contributed by atoms with E-state index in [1.54, 1.807) is 27.8 Å². The number of nitrogens with one attached hydrogen (secondary N) is 2. The van der Waals surface area contributed by atoms with E-state index in [0.29, 0.717) is 13.0 Å². The number of amides is 2. The molecule has 0 saturated carbocycles. The number of carbonyl (C=O) groups excluding carboxylic acids is 2. The van der Waals surface area contributed by atoms with E-state index >= 15 is 0 Å². The van der Waals surface area contributed by atoms with Crippen molar-refractivity contribution in [2.24, 2.45) is 5.92 Å². The normalized spacial score (nSPS) is 22.1. The van der Waals surface area contributed by atoms with Gasteiger partial charge in [0.15, 0.2) is 0 Å². The van der Waals surface area contributed by atoms with Crippen molar-refractivity contribution in [1.29, 1.82) is 0 Å². The van der Waals surface area contributed by atoms with Gasteiger partial charge in [0.1, 0.15) is 17.7 Å². The van der Waals surface area contributed by atoms with E-state index in [4.69, 9.17) is 9.84 Å². The maximum atomic E-state index is 12.7. The van der Waals surface area contributed by atoms with Crippen molar-refractivity contribution in [2.45, 2.75) is 64.8 Å². The largest absolute Gasteiger partial charge is 0.480 e. The summed E-state index contributed by atoms with van der Waals surface area (Å²) in [6.45, 7) is 9.33. The van der Waals surface area contributed by atoms with Gasteiger partial charge >= 0.3 is 12.1 Å². The first-order valence-electron chi connectivity index (χ1n) is 8.14. The molecule has 1 saturated heterocycles. The Kier molecular flexibility index (Phi) is 6.59. The zero-order chi connectivity index (χ0) is 18.7. The molecule has 1 aliphatic rings. The quantitative estimate of drug-likeness (QED) is 0.682. The second kappa shape index (κ2) is 7.83. The average Bonchev–Trinajstić information content (AvgIpc) is 2.90. The van der Waals surface area contributed by atoms with E-state index in [9.17, 15) is 14.4 Å². The second-order valence-corrected chi connectivity index (χ2v) is 7.51. The van der Waals surface area contributed by atoms with Crippen LogP contribution in [0.1, 0.15) is 41.0 Å². The number of ether oxygens (including phenoxy) is 1. The van der Waals surface area contributed by atoms with Gasteiger partial charge in [-0.3, -0.25) is 9.59 Å². The number of hydrogen-bond donors (Lipinski definition) is 3. The molecule has 0 spiro atoms. The number of nitrogens with zero attached hydrogens (tertiary/aromatic N) is 1. The lowest BCUT2D eigenvalue weighted by Crippen LogP contribution is -2.53. The minimum atomic E-state index is -0.925. The van der Waals surface area contributed by atoms with E-state index in [1.807, 2.05) is 13.8 Å². The highest BCUT2D eigenvalue weighted by atomic mass is 16.6. The van der Waals surface area contributed by atoms with E-state index in [-0.39, 0.29) is 17.9 Å². The topological polar surface area (TPSA) is 108 Å². The highest BCUT2D eigenvalue weighted by Gasteiger charge is 2.36. The Hall–Kier alpha value is -1.83. The molecular weight excluding hydrogens is 314 g/mol. The van der Waals surface area contributed by atoms with Crippen LogP contribution >= 0.6 is 0 Å². The number of likely N-dealkylation sites (N-methyl/N-ethyl adjacent to an activating group) is 1. The first-order valence-corrected chi connectivity index (χ1v) is 8.14. The van der Waals surface area contributed by atoms with Gasteiger partial charge in [0.05, 0.1) is 0 Å². The predicted octanol–water partition coefficient (Wildman–Crippen LogP) is 0.809. The number of hydrogen-bond acceptors (Lipinski definition) is 5. The lowest BCUT2D eigenvalue weighted by molar-refractivity contribution is -0.140. The molecule has 0 aromatic carbocycles. The van der Waals surface area contributed by atoms with E-state index < -0.39 is 29.7 Å². The van der Waals surface area contributed by atoms with Gasteiger partial charge in [-0.15, -0.1) is 0 Å². The summed E-state index contributed by atoms with van der Waals surface area (Å²) >= 11 is 0. The molecule has 3 atom stereocenters. The van der Waals surface area contributed by atoms with Crippen LogP contribution in [0.5, 0.6) is 0 Å². The van der Waals surface area contributed by atoms with Gasteiger partial charge in [0, 0.05) is 19.6 Å². The molecule has 8 nitrogen and oxygen atoms in total. The van der Waals surface area contributed by atoms with Crippen LogP contribution in [0.2, 0.25) is 0 Å². The third-order valence-electron chi connectivity index (χ3n) is 3.91. The number of carbonyl (C=O) groups is 3. The maximum absolute atomic E-state index is 12.7. The smallest absolute Gasteiger partial charge is 0.408 e. The molecule has 1 heterocycles. The van der Waals surface area contributed by atoms with Crippen molar-refractivity contribution in [1.82, 2.24) is 15.5 Å². The molecule has 1 aliphatic heterocycles. The summed E-state index contributed by atoms with van der Waals surface area (Å²) in [5.74, 6) is -1.31. The average molecular weight is 343 g/mol. The van der Waals surface area contributed by atoms with Gasteiger partial charge in [-0.25, -0.2) is 4.79 Å². The molecule has 138 valence electrons. The number of rotatable bonds is 5. The van der Waals surface area contributed by atoms with E-state index in [2.05, 4.69) is 10.6 Å². The van der Waals surface area contributed by atoms with Crippen LogP contribution in [0, 0.1) is 5.92 Å². The number of carboxylic acid groups (broad SMARTS) is 1. The van der Waals surface area contributed by atoms with Gasteiger partial charge < -0.3 is 25.4 Å². The minimum absolute atomic E-state index is 0.128. The molecule has 24 heavy (non-hydrogen) atoms. The predicted molar refractivity (Wildman–Crippen MR) is 88.6 cm³/mol. The van der Waals surface area contributed by atoms with Crippen LogP contribution in [0.4, 0.5) is 4.79 Å². The van der Waals surface area contributed by atoms with Crippen molar-refractivity contribution in [2.75, 3.05) is 13.6 Å². The van der Waals surface area contributed by atoms with Crippen LogP contribution < -0.4 is 10.6 Å². The molecule has 1 fully saturated rings. The zero-order valence-electron chi connectivity index (χ0n) is 15.3. The highest BCUT2D eigenvalue weighted by Crippen LogP contribution is 2.16. The lowest BCUT2D eigenvalue weighted by Gasteiger charge is -2.31. The minimum Gasteiger partial charge on any atom is -0.480 e. The van der Waals surface area contributed by atoms with Crippen LogP contribution in [-0.4, -0.2) is 65.3 Å². The summed E-state index contributed by atoms with van der Waals surface area (Å²) in [4.78, 5) is 37.2. The third-order valence-corrected chi connectivity index (χ3v) is 3.91. The third kappa shape index (κ3) is 5.67. The Morgan fingerprint density at radius 2 is 1.88 bits per heavy atom. The van der Waals surface area contributed by atoms with Crippen molar-refractivity contribution < 1.29 is 24.2 Å². The molecule has 3 unspecified atom stereocenters. The second-order valence-electron chi connectivity index (χ2n) is 7.51. The van der Waals surface area contributed by atoms with Crippen LogP contribution in [0.15, 0.2) is 0 Å². The Morgan fingerprint density at radius 3 is 2.29 bits per heavy atom. The molecule has 0 bridgehead atoms. The van der Waals surface area contributed by atoms with Crippen molar-refractivity contribution >= 4 is 18.0 Å². The monoisotopic (exact) mass is 343 g/mol. The molecule has 2 amide bonds. The maximum Gasteiger partial charge on any atom is 0.408 e. The first kappa shape index (κ1) is 20.2. The van der Waals surface area contributed by atoms with Crippen molar-refractivity contribution in [3.8, 4) is 0 Å². The van der Waals surface area contributed by atoms with Crippen LogP contribution in [0.25, 0.3) is 0 Å². The fourth-order valence-electron chi connectivity index (χ4n) is 2.55. The Labute approximate surface area is 142 Å². The molecule has 0 aromatic rings. The molecule has 3 N–H and O–H groups in total. The van der Waals surface area contributed by atoms with Gasteiger partial charge in [-0.1, -0.05) is 13.8 Å². The summed E-state index contributed by atoms with van der Waals surface area (Å²) in [7, 11) is 1.63. The van der Waals surface area contributed by atoms with Gasteiger partial charge in [-0.05, 0) is 33.1 Å². The van der Waals surface area contributed by atoms with Crippen molar-refractivity contribution in [3.63, 3.8) is 0 Å². The van der Waals surface area contributed by atoms with Gasteiger partial charge in [0.2, 0.25) is 5.91 Å². The summed E-state index contributed by atoms with van der Waals surface area (Å²) < 4.78 is 5.21. The SMILES string of the molecule is CC(C)C(NC(=O)OC(C)(C)C)C(=O)N(C)C1CNC(C(=O)O)C1. The first-order chi connectivity index (χ1) is 10.9. The Morgan fingerprint density at radius 1 is 1.29 bits per heavy atom. The van der Waals surface area contributed by atoms with Crippen LogP contribution in [-0.2, 0) is 14.3 Å². The zero-order valence-corrected chi connectivity index (χ0v) is 15.3. The lowest BCUT2D eigenvalue weighted by atomic mass is 10.0. The fourth-order valence-corrected chi connectivity index (χ4v) is 2.55. The fraction of sp³-hybridized carbons (Fsp3) is 0.812. The van der Waals surface area contributed by atoms with Gasteiger partial charge in [-0.2, -0.15) is 0 Å². The highest BCUT2D eigenvalue weighted by molar-refractivity contribution is 5.86. The van der Waals surface area contributed by atoms with Crippen molar-refractivity contribution in [3.05, 3.63) is 0 Å². The van der Waals surface area contributed by atoms with Gasteiger partial charge in [0.25, 0.3) is 0 Å². The number of carboxylic acids is 1. The summed E-state index contributed by atoms with van der Waals surface area (Å²) in [6.07, 6.45) is -0.301. The Bertz CT molecular complexity index is 487.